The number of ether oxygens (including phenoxy) is 1. The van der Waals surface area contributed by atoms with Crippen LogP contribution in [0.1, 0.15) is 13.3 Å². The van der Waals surface area contributed by atoms with Gasteiger partial charge in [0.1, 0.15) is 0 Å². The van der Waals surface area contributed by atoms with Crippen molar-refractivity contribution in [2.24, 2.45) is 5.73 Å². The summed E-state index contributed by atoms with van der Waals surface area (Å²) in [7, 11) is 3.97. The van der Waals surface area contributed by atoms with Crippen molar-refractivity contribution < 1.29 is 14.3 Å². The fraction of sp³-hybridized carbons (Fsp3) is 0.500. The molecule has 0 saturated carbocycles. The lowest BCUT2D eigenvalue weighted by atomic mass is 10.3. The summed E-state index contributed by atoms with van der Waals surface area (Å²) in [5.74, 6) is -0.779. The quantitative estimate of drug-likeness (QED) is 0.423. The van der Waals surface area contributed by atoms with Crippen LogP contribution in [0.4, 0.5) is 0 Å². The molecule has 0 bridgehead atoms. The Labute approximate surface area is 103 Å². The fourth-order valence-electron chi connectivity index (χ4n) is 0.669. The van der Waals surface area contributed by atoms with Gasteiger partial charge < -0.3 is 15.4 Å². The molecule has 0 spiro atoms. The number of rotatable bonds is 6. The van der Waals surface area contributed by atoms with Crippen molar-refractivity contribution in [1.29, 1.82) is 0 Å². The molecule has 0 atom stereocenters. The molecule has 0 unspecified atom stereocenters. The van der Waals surface area contributed by atoms with Crippen molar-refractivity contribution in [3.05, 3.63) is 24.8 Å². The van der Waals surface area contributed by atoms with E-state index in [9.17, 15) is 9.59 Å². The monoisotopic (exact) mass is 242 g/mol. The van der Waals surface area contributed by atoms with E-state index in [0.717, 1.165) is 19.0 Å². The molecule has 0 aromatic rings. The number of carbonyl (C=O) groups excluding carboxylic acids is 2. The summed E-state index contributed by atoms with van der Waals surface area (Å²) in [6.45, 7) is 9.63. The van der Waals surface area contributed by atoms with Crippen molar-refractivity contribution in [2.75, 3.05) is 27.2 Å². The summed E-state index contributed by atoms with van der Waals surface area (Å²) in [4.78, 5) is 22.4. The molecule has 0 aromatic heterocycles. The van der Waals surface area contributed by atoms with Gasteiger partial charge in [-0.15, -0.1) is 0 Å². The maximum atomic E-state index is 10.9. The van der Waals surface area contributed by atoms with Gasteiger partial charge >= 0.3 is 5.97 Å². The van der Waals surface area contributed by atoms with Crippen LogP contribution in [-0.2, 0) is 14.3 Å². The second kappa shape index (κ2) is 10.9. The van der Waals surface area contributed by atoms with E-state index in [1.807, 2.05) is 14.1 Å². The Morgan fingerprint density at radius 3 is 2.18 bits per heavy atom. The number of carbonyl (C=O) groups is 2. The maximum Gasteiger partial charge on any atom is 0.333 e. The summed E-state index contributed by atoms with van der Waals surface area (Å²) in [6.07, 6.45) is 1.92. The zero-order valence-corrected chi connectivity index (χ0v) is 10.9. The summed E-state index contributed by atoms with van der Waals surface area (Å²) in [5, 5.41) is 0. The average molecular weight is 242 g/mol. The largest absolute Gasteiger partial charge is 0.462 e. The average Bonchev–Trinajstić information content (AvgIpc) is 2.24. The van der Waals surface area contributed by atoms with E-state index in [1.54, 1.807) is 6.92 Å². The van der Waals surface area contributed by atoms with Crippen LogP contribution < -0.4 is 5.73 Å². The van der Waals surface area contributed by atoms with Gasteiger partial charge in [0.05, 0.1) is 6.61 Å². The number of hydrogen-bond acceptors (Lipinski definition) is 4. The highest BCUT2D eigenvalue weighted by atomic mass is 16.5. The van der Waals surface area contributed by atoms with Gasteiger partial charge in [0, 0.05) is 12.1 Å². The molecule has 5 nitrogen and oxygen atoms in total. The first kappa shape index (κ1) is 17.8. The van der Waals surface area contributed by atoms with Gasteiger partial charge in [-0.05, 0) is 33.5 Å². The molecule has 0 fully saturated rings. The molecule has 0 aromatic carbocycles. The van der Waals surface area contributed by atoms with Crippen LogP contribution in [0.15, 0.2) is 24.8 Å². The SMILES string of the molecule is C=C(C)C(=O)OCCCN(C)C.C=CC(N)=O. The highest BCUT2D eigenvalue weighted by Gasteiger charge is 2.01. The van der Waals surface area contributed by atoms with Crippen LogP contribution in [0.2, 0.25) is 0 Å². The number of nitrogens with two attached hydrogens (primary N) is 1. The zero-order chi connectivity index (χ0) is 13.8. The number of amides is 1. The number of nitrogens with zero attached hydrogens (tertiary/aromatic N) is 1. The molecule has 2 N–H and O–H groups in total. The Kier molecular flexibility index (Phi) is 11.4. The van der Waals surface area contributed by atoms with Crippen LogP contribution in [-0.4, -0.2) is 44.0 Å². The summed E-state index contributed by atoms with van der Waals surface area (Å²) < 4.78 is 4.89. The van der Waals surface area contributed by atoms with Gasteiger partial charge in [0.15, 0.2) is 0 Å². The van der Waals surface area contributed by atoms with Crippen LogP contribution in [0.5, 0.6) is 0 Å². The van der Waals surface area contributed by atoms with E-state index >= 15 is 0 Å². The Balaban J connectivity index is 0. The van der Waals surface area contributed by atoms with Crippen LogP contribution >= 0.6 is 0 Å². The lowest BCUT2D eigenvalue weighted by molar-refractivity contribution is -0.139. The third-order valence-electron chi connectivity index (χ3n) is 1.53. The second-order valence-corrected chi connectivity index (χ2v) is 3.68. The van der Waals surface area contributed by atoms with Gasteiger partial charge in [-0.1, -0.05) is 13.2 Å². The minimum absolute atomic E-state index is 0.297. The van der Waals surface area contributed by atoms with E-state index in [1.165, 1.54) is 0 Å². The molecule has 17 heavy (non-hydrogen) atoms. The molecular formula is C12H22N2O3. The molecule has 0 heterocycles. The summed E-state index contributed by atoms with van der Waals surface area (Å²) in [6, 6.07) is 0. The van der Waals surface area contributed by atoms with E-state index in [0.29, 0.717) is 12.2 Å². The van der Waals surface area contributed by atoms with Crippen molar-refractivity contribution in [1.82, 2.24) is 4.90 Å². The minimum atomic E-state index is -0.481. The molecule has 5 heteroatoms. The summed E-state index contributed by atoms with van der Waals surface area (Å²) >= 11 is 0. The first-order valence-corrected chi connectivity index (χ1v) is 5.20. The predicted octanol–water partition coefficient (Wildman–Crippen LogP) is 0.715. The number of primary amides is 1. The van der Waals surface area contributed by atoms with Crippen LogP contribution in [0.25, 0.3) is 0 Å². The molecular weight excluding hydrogens is 220 g/mol. The standard InChI is InChI=1S/C9H17NO2.C3H5NO/c1-8(2)9(11)12-7-5-6-10(3)4;1-2-3(4)5/h1,5-7H2,2-4H3;2H,1H2,(H2,4,5). The van der Waals surface area contributed by atoms with Gasteiger partial charge in [-0.3, -0.25) is 4.79 Å². The molecule has 0 aliphatic heterocycles. The molecule has 98 valence electrons. The molecule has 0 radical (unpaired) electrons. The Hall–Kier alpha value is -1.62. The first-order valence-electron chi connectivity index (χ1n) is 5.20. The maximum absolute atomic E-state index is 10.9. The Morgan fingerprint density at radius 2 is 1.88 bits per heavy atom. The predicted molar refractivity (Wildman–Crippen MR) is 68.3 cm³/mol. The topological polar surface area (TPSA) is 72.6 Å². The third-order valence-corrected chi connectivity index (χ3v) is 1.53. The van der Waals surface area contributed by atoms with Gasteiger partial charge in [-0.25, -0.2) is 4.79 Å². The Morgan fingerprint density at radius 1 is 1.41 bits per heavy atom. The molecule has 1 amide bonds. The van der Waals surface area contributed by atoms with Crippen molar-refractivity contribution in [3.8, 4) is 0 Å². The fourth-order valence-corrected chi connectivity index (χ4v) is 0.669. The summed E-state index contributed by atoms with van der Waals surface area (Å²) in [5.41, 5.74) is 4.99. The van der Waals surface area contributed by atoms with E-state index < -0.39 is 5.91 Å². The molecule has 0 rings (SSSR count). The normalized spacial score (nSPS) is 8.94. The highest BCUT2D eigenvalue weighted by Crippen LogP contribution is 1.93. The number of hydrogen-bond donors (Lipinski definition) is 1. The van der Waals surface area contributed by atoms with Crippen molar-refractivity contribution in [2.45, 2.75) is 13.3 Å². The number of esters is 1. The first-order chi connectivity index (χ1) is 7.81. The van der Waals surface area contributed by atoms with E-state index in [-0.39, 0.29) is 5.97 Å². The van der Waals surface area contributed by atoms with Crippen molar-refractivity contribution in [3.63, 3.8) is 0 Å². The van der Waals surface area contributed by atoms with Gasteiger partial charge in [0.25, 0.3) is 0 Å². The van der Waals surface area contributed by atoms with Crippen molar-refractivity contribution >= 4 is 11.9 Å². The lowest BCUT2D eigenvalue weighted by Gasteiger charge is -2.09. The van der Waals surface area contributed by atoms with Crippen LogP contribution in [0, 0.1) is 0 Å². The highest BCUT2D eigenvalue weighted by molar-refractivity contribution is 5.86. The van der Waals surface area contributed by atoms with Crippen LogP contribution in [0.3, 0.4) is 0 Å². The van der Waals surface area contributed by atoms with Gasteiger partial charge in [0.2, 0.25) is 5.91 Å². The minimum Gasteiger partial charge on any atom is -0.462 e. The van der Waals surface area contributed by atoms with Gasteiger partial charge in [-0.2, -0.15) is 0 Å². The molecule has 0 aliphatic rings. The smallest absolute Gasteiger partial charge is 0.333 e. The molecule has 0 aliphatic carbocycles. The van der Waals surface area contributed by atoms with E-state index in [4.69, 9.17) is 4.74 Å². The zero-order valence-electron chi connectivity index (χ0n) is 10.9. The third kappa shape index (κ3) is 17.0. The Bertz CT molecular complexity index is 273. The second-order valence-electron chi connectivity index (χ2n) is 3.68. The lowest BCUT2D eigenvalue weighted by Crippen LogP contribution is -2.16. The van der Waals surface area contributed by atoms with E-state index in [2.05, 4.69) is 23.8 Å². The molecule has 0 saturated heterocycles.